The Morgan fingerprint density at radius 1 is 1.50 bits per heavy atom. The first kappa shape index (κ1) is 13.0. The minimum Gasteiger partial charge on any atom is -0.394 e. The number of aliphatic hydroxyl groups excluding tert-OH is 3. The second kappa shape index (κ2) is 4.65. The summed E-state index contributed by atoms with van der Waals surface area (Å²) in [4.78, 5) is 15.2. The van der Waals surface area contributed by atoms with Crippen molar-refractivity contribution in [1.29, 1.82) is 0 Å². The molecule has 0 amide bonds. The number of aliphatic hydroxyl groups is 3. The van der Waals surface area contributed by atoms with Crippen LogP contribution in [0, 0.1) is 6.92 Å². The summed E-state index contributed by atoms with van der Waals surface area (Å²) in [5.74, 6) is 0.1000. The molecule has 0 bridgehead atoms. The predicted molar refractivity (Wildman–Crippen MR) is 60.7 cm³/mol. The second-order valence-corrected chi connectivity index (χ2v) is 4.23. The lowest BCUT2D eigenvalue weighted by Crippen LogP contribution is -2.36. The maximum absolute atomic E-state index is 11.7. The van der Waals surface area contributed by atoms with Gasteiger partial charge in [0, 0.05) is 11.8 Å². The third-order valence-corrected chi connectivity index (χ3v) is 2.97. The number of hydrogen-bond acceptors (Lipinski definition) is 7. The third kappa shape index (κ3) is 1.99. The van der Waals surface area contributed by atoms with E-state index in [1.807, 2.05) is 0 Å². The highest BCUT2D eigenvalue weighted by molar-refractivity contribution is 5.35. The molecule has 0 saturated carbocycles. The van der Waals surface area contributed by atoms with E-state index in [4.69, 9.17) is 15.6 Å². The first-order valence-electron chi connectivity index (χ1n) is 5.43. The van der Waals surface area contributed by atoms with Gasteiger partial charge < -0.3 is 25.8 Å². The van der Waals surface area contributed by atoms with Gasteiger partial charge in [-0.05, 0) is 6.92 Å². The van der Waals surface area contributed by atoms with Crippen molar-refractivity contribution in [3.8, 4) is 0 Å². The number of nitrogens with two attached hydrogens (primary N) is 1. The number of hydrogen-bond donors (Lipinski definition) is 4. The van der Waals surface area contributed by atoms with Crippen molar-refractivity contribution in [2.75, 3.05) is 12.3 Å². The smallest absolute Gasteiger partial charge is 0.351 e. The van der Waals surface area contributed by atoms with Gasteiger partial charge in [-0.1, -0.05) is 0 Å². The van der Waals surface area contributed by atoms with Crippen LogP contribution in [-0.4, -0.2) is 49.8 Å². The van der Waals surface area contributed by atoms with Crippen molar-refractivity contribution in [3.05, 3.63) is 22.2 Å². The highest BCUT2D eigenvalue weighted by Gasteiger charge is 2.43. The van der Waals surface area contributed by atoms with Crippen molar-refractivity contribution in [2.24, 2.45) is 0 Å². The molecule has 1 saturated heterocycles. The van der Waals surface area contributed by atoms with E-state index in [-0.39, 0.29) is 5.82 Å². The molecule has 4 atom stereocenters. The van der Waals surface area contributed by atoms with E-state index in [2.05, 4.69) is 4.98 Å². The summed E-state index contributed by atoms with van der Waals surface area (Å²) in [5.41, 5.74) is 5.35. The van der Waals surface area contributed by atoms with E-state index >= 15 is 0 Å². The van der Waals surface area contributed by atoms with E-state index < -0.39 is 36.8 Å². The highest BCUT2D eigenvalue weighted by atomic mass is 16.6. The van der Waals surface area contributed by atoms with Crippen LogP contribution in [0.4, 0.5) is 5.82 Å². The lowest BCUT2D eigenvalue weighted by atomic mass is 10.1. The Kier molecular flexibility index (Phi) is 3.35. The monoisotopic (exact) mass is 257 g/mol. The van der Waals surface area contributed by atoms with Crippen molar-refractivity contribution < 1.29 is 20.1 Å². The van der Waals surface area contributed by atoms with Crippen LogP contribution in [0.5, 0.6) is 0 Å². The first-order chi connectivity index (χ1) is 8.45. The molecule has 2 heterocycles. The molecule has 5 N–H and O–H groups in total. The standard InChI is InChI=1S/C10H15N3O5/c1-4-2-13(10(17)12-8(4)11)9-7(16)6(15)5(3-14)18-9/h2,5-7,9,14-16H,3H2,1H3,(H2,11,12,17)/t5-,6?,7+,9-/m1/s1. The minimum atomic E-state index is -1.32. The van der Waals surface area contributed by atoms with Crippen molar-refractivity contribution in [2.45, 2.75) is 31.5 Å². The number of aromatic nitrogens is 2. The fraction of sp³-hybridized carbons (Fsp3) is 0.600. The normalized spacial score (nSPS) is 31.8. The predicted octanol–water partition coefficient (Wildman–Crippen LogP) is -2.25. The molecule has 2 rings (SSSR count). The van der Waals surface area contributed by atoms with E-state index in [0.717, 1.165) is 4.57 Å². The number of anilines is 1. The summed E-state index contributed by atoms with van der Waals surface area (Å²) in [7, 11) is 0. The molecule has 0 aliphatic carbocycles. The van der Waals surface area contributed by atoms with Crippen molar-refractivity contribution in [3.63, 3.8) is 0 Å². The SMILES string of the molecule is Cc1cn([C@@H]2O[C@H](CO)C(O)[C@@H]2O)c(=O)nc1N. The Morgan fingerprint density at radius 3 is 2.72 bits per heavy atom. The Hall–Kier alpha value is -1.48. The van der Waals surface area contributed by atoms with Crippen LogP contribution >= 0.6 is 0 Å². The van der Waals surface area contributed by atoms with Crippen LogP contribution < -0.4 is 11.4 Å². The maximum atomic E-state index is 11.7. The van der Waals surface area contributed by atoms with Gasteiger partial charge in [0.1, 0.15) is 24.1 Å². The van der Waals surface area contributed by atoms with Gasteiger partial charge in [-0.25, -0.2) is 4.79 Å². The summed E-state index contributed by atoms with van der Waals surface area (Å²) in [5, 5.41) is 28.4. The van der Waals surface area contributed by atoms with Crippen LogP contribution in [-0.2, 0) is 4.74 Å². The summed E-state index contributed by atoms with van der Waals surface area (Å²) in [6, 6.07) is 0. The fourth-order valence-electron chi connectivity index (χ4n) is 1.87. The number of nitrogens with zero attached hydrogens (tertiary/aromatic N) is 2. The molecule has 1 aliphatic heterocycles. The van der Waals surface area contributed by atoms with Crippen molar-refractivity contribution >= 4 is 5.82 Å². The summed E-state index contributed by atoms with van der Waals surface area (Å²) >= 11 is 0. The van der Waals surface area contributed by atoms with E-state index in [0.29, 0.717) is 5.56 Å². The molecule has 0 spiro atoms. The number of aryl methyl sites for hydroxylation is 1. The lowest BCUT2D eigenvalue weighted by Gasteiger charge is -2.17. The van der Waals surface area contributed by atoms with Gasteiger partial charge >= 0.3 is 5.69 Å². The Bertz CT molecular complexity index is 503. The summed E-state index contributed by atoms with van der Waals surface area (Å²) in [6.07, 6.45) is -3.20. The maximum Gasteiger partial charge on any atom is 0.351 e. The highest BCUT2D eigenvalue weighted by Crippen LogP contribution is 2.28. The topological polar surface area (TPSA) is 131 Å². The van der Waals surface area contributed by atoms with Gasteiger partial charge in [0.25, 0.3) is 0 Å². The van der Waals surface area contributed by atoms with Crippen LogP contribution in [0.1, 0.15) is 11.8 Å². The van der Waals surface area contributed by atoms with E-state index in [9.17, 15) is 15.0 Å². The quantitative estimate of drug-likeness (QED) is 0.470. The average Bonchev–Trinajstić information content (AvgIpc) is 2.61. The van der Waals surface area contributed by atoms with E-state index in [1.54, 1.807) is 6.92 Å². The van der Waals surface area contributed by atoms with E-state index in [1.165, 1.54) is 6.20 Å². The molecule has 1 unspecified atom stereocenters. The molecule has 8 heteroatoms. The molecule has 100 valence electrons. The van der Waals surface area contributed by atoms with Crippen LogP contribution in [0.25, 0.3) is 0 Å². The first-order valence-corrected chi connectivity index (χ1v) is 5.43. The number of rotatable bonds is 2. The molecular weight excluding hydrogens is 242 g/mol. The van der Waals surface area contributed by atoms with Crippen molar-refractivity contribution in [1.82, 2.24) is 9.55 Å². The van der Waals surface area contributed by atoms with Gasteiger partial charge in [-0.15, -0.1) is 0 Å². The molecule has 1 fully saturated rings. The largest absolute Gasteiger partial charge is 0.394 e. The van der Waals surface area contributed by atoms with Crippen LogP contribution in [0.3, 0.4) is 0 Å². The number of nitrogen functional groups attached to an aromatic ring is 1. The average molecular weight is 257 g/mol. The molecular formula is C10H15N3O5. The third-order valence-electron chi connectivity index (χ3n) is 2.97. The van der Waals surface area contributed by atoms with Gasteiger partial charge in [0.05, 0.1) is 6.61 Å². The molecule has 1 aliphatic rings. The van der Waals surface area contributed by atoms with Crippen LogP contribution in [0.2, 0.25) is 0 Å². The Labute approximate surface area is 102 Å². The molecule has 8 nitrogen and oxygen atoms in total. The molecule has 1 aromatic heterocycles. The minimum absolute atomic E-state index is 0.1000. The zero-order valence-corrected chi connectivity index (χ0v) is 9.72. The molecule has 18 heavy (non-hydrogen) atoms. The Morgan fingerprint density at radius 2 is 2.17 bits per heavy atom. The van der Waals surface area contributed by atoms with Gasteiger partial charge in [-0.2, -0.15) is 4.98 Å². The zero-order valence-electron chi connectivity index (χ0n) is 9.72. The Balaban J connectivity index is 2.39. The molecule has 0 aromatic carbocycles. The van der Waals surface area contributed by atoms with Crippen LogP contribution in [0.15, 0.2) is 11.0 Å². The lowest BCUT2D eigenvalue weighted by molar-refractivity contribution is -0.0550. The molecule has 0 radical (unpaired) electrons. The van der Waals surface area contributed by atoms with Gasteiger partial charge in [-0.3, -0.25) is 4.57 Å². The zero-order chi connectivity index (χ0) is 13.4. The number of ether oxygens (including phenoxy) is 1. The molecule has 1 aromatic rings. The second-order valence-electron chi connectivity index (χ2n) is 4.23. The van der Waals surface area contributed by atoms with Gasteiger partial charge in [0.15, 0.2) is 6.23 Å². The summed E-state index contributed by atoms with van der Waals surface area (Å²) in [6.45, 7) is 1.20. The fourth-order valence-corrected chi connectivity index (χ4v) is 1.87. The summed E-state index contributed by atoms with van der Waals surface area (Å²) < 4.78 is 6.28. The van der Waals surface area contributed by atoms with Gasteiger partial charge in [0.2, 0.25) is 0 Å².